The highest BCUT2D eigenvalue weighted by molar-refractivity contribution is 7.08. The predicted octanol–water partition coefficient (Wildman–Crippen LogP) is 4.30. The van der Waals surface area contributed by atoms with Crippen LogP contribution in [-0.4, -0.2) is 47.7 Å². The quantitative estimate of drug-likeness (QED) is 0.489. The highest BCUT2D eigenvalue weighted by Gasteiger charge is 2.34. The highest BCUT2D eigenvalue weighted by Crippen LogP contribution is 2.34. The van der Waals surface area contributed by atoms with Crippen molar-refractivity contribution in [3.05, 3.63) is 58.2 Å². The molecule has 1 aromatic carbocycles. The summed E-state index contributed by atoms with van der Waals surface area (Å²) < 4.78 is 20.0. The number of piperidine rings is 1. The number of ether oxygens (including phenoxy) is 1. The molecular weight excluding hydrogens is 453 g/mol. The largest absolute Gasteiger partial charge is 0.497 e. The first-order valence-corrected chi connectivity index (χ1v) is 12.2. The number of aliphatic carboxylic acids is 1. The molecule has 3 N–H and O–H groups in total. The lowest BCUT2D eigenvalue weighted by Gasteiger charge is -2.36. The third-order valence-corrected chi connectivity index (χ3v) is 7.18. The number of halogens is 1. The number of benzene rings is 1. The fourth-order valence-electron chi connectivity index (χ4n) is 4.64. The summed E-state index contributed by atoms with van der Waals surface area (Å²) in [6, 6.07) is 6.70. The Morgan fingerprint density at radius 1 is 1.44 bits per heavy atom. The zero-order chi connectivity index (χ0) is 24.1. The first-order chi connectivity index (χ1) is 16.5. The molecule has 1 saturated heterocycles. The number of aromatic nitrogens is 1. The Morgan fingerprint density at radius 2 is 2.29 bits per heavy atom. The van der Waals surface area contributed by atoms with Crippen LogP contribution in [0.5, 0.6) is 5.75 Å². The number of hydrogen-bond acceptors (Lipinski definition) is 6. The standard InChI is InChI=1S/C26H28FN3O3S/c1-33-19-5-7-24-20(13-19)25(22(27)14-29-24)23(28)6-4-18-8-11-30(15-21(18)26(31)32)10-2-3-17-9-12-34-16-17/h5,7,9,12-14,16,18,21,23H,4,6,8,10-11,15,28H2,1H3,(H,31,32)/t18?,21?,23-/m1/s1. The number of methoxy groups -OCH3 is 1. The molecule has 6 nitrogen and oxygen atoms in total. The normalized spacial score (nSPS) is 19.4. The van der Waals surface area contributed by atoms with E-state index in [9.17, 15) is 14.3 Å². The van der Waals surface area contributed by atoms with Gasteiger partial charge >= 0.3 is 5.97 Å². The first-order valence-electron chi connectivity index (χ1n) is 11.3. The van der Waals surface area contributed by atoms with Crippen LogP contribution >= 0.6 is 11.3 Å². The highest BCUT2D eigenvalue weighted by atomic mass is 32.1. The molecule has 3 atom stereocenters. The van der Waals surface area contributed by atoms with Crippen molar-refractivity contribution in [2.45, 2.75) is 25.3 Å². The molecule has 1 fully saturated rings. The number of carboxylic acid groups (broad SMARTS) is 1. The maximum absolute atomic E-state index is 14.8. The van der Waals surface area contributed by atoms with Gasteiger partial charge in [-0.1, -0.05) is 11.8 Å². The molecule has 178 valence electrons. The molecule has 8 heteroatoms. The van der Waals surface area contributed by atoms with E-state index in [0.29, 0.717) is 48.1 Å². The summed E-state index contributed by atoms with van der Waals surface area (Å²) in [5.74, 6) is 5.09. The molecule has 2 unspecified atom stereocenters. The van der Waals surface area contributed by atoms with Crippen molar-refractivity contribution >= 4 is 28.2 Å². The lowest BCUT2D eigenvalue weighted by atomic mass is 9.81. The average Bonchev–Trinajstić information content (AvgIpc) is 3.36. The summed E-state index contributed by atoms with van der Waals surface area (Å²) in [5, 5.41) is 14.5. The van der Waals surface area contributed by atoms with Crippen molar-refractivity contribution in [1.29, 1.82) is 0 Å². The van der Waals surface area contributed by atoms with E-state index in [1.54, 1.807) is 36.6 Å². The number of rotatable bonds is 7. The van der Waals surface area contributed by atoms with Crippen molar-refractivity contribution in [2.75, 3.05) is 26.7 Å². The topological polar surface area (TPSA) is 88.7 Å². The van der Waals surface area contributed by atoms with Crippen molar-refractivity contribution in [2.24, 2.45) is 17.6 Å². The van der Waals surface area contributed by atoms with Gasteiger partial charge in [-0.25, -0.2) is 4.39 Å². The van der Waals surface area contributed by atoms with E-state index >= 15 is 0 Å². The van der Waals surface area contributed by atoms with Crippen molar-refractivity contribution < 1.29 is 19.0 Å². The SMILES string of the molecule is COc1ccc2ncc(F)c([C@H](N)CCC3CCN(CC#Cc4ccsc4)CC3C(=O)O)c2c1. The molecule has 3 aromatic rings. The van der Waals surface area contributed by atoms with Gasteiger partial charge in [0.2, 0.25) is 0 Å². The minimum Gasteiger partial charge on any atom is -0.497 e. The lowest BCUT2D eigenvalue weighted by Crippen LogP contribution is -2.44. The second-order valence-electron chi connectivity index (χ2n) is 8.63. The molecule has 1 aliphatic heterocycles. The Balaban J connectivity index is 1.42. The number of fused-ring (bicyclic) bond motifs is 1. The number of nitrogens with two attached hydrogens (primary N) is 1. The van der Waals surface area contributed by atoms with Gasteiger partial charge < -0.3 is 15.6 Å². The van der Waals surface area contributed by atoms with Crippen LogP contribution in [0.4, 0.5) is 4.39 Å². The van der Waals surface area contributed by atoms with Crippen molar-refractivity contribution in [3.8, 4) is 17.6 Å². The van der Waals surface area contributed by atoms with E-state index in [-0.39, 0.29) is 5.92 Å². The molecule has 0 bridgehead atoms. The number of pyridine rings is 1. The summed E-state index contributed by atoms with van der Waals surface area (Å²) in [6.07, 6.45) is 3.04. The Labute approximate surface area is 202 Å². The Kier molecular flexibility index (Phi) is 7.78. The summed E-state index contributed by atoms with van der Waals surface area (Å²) in [7, 11) is 1.56. The van der Waals surface area contributed by atoms with Gasteiger partial charge in [0.15, 0.2) is 0 Å². The molecule has 2 aromatic heterocycles. The number of carbonyl (C=O) groups is 1. The lowest BCUT2D eigenvalue weighted by molar-refractivity contribution is -0.146. The van der Waals surface area contributed by atoms with Crippen LogP contribution in [0.15, 0.2) is 41.2 Å². The van der Waals surface area contributed by atoms with Gasteiger partial charge in [-0.2, -0.15) is 11.3 Å². The van der Waals surface area contributed by atoms with E-state index in [1.165, 1.54) is 6.20 Å². The van der Waals surface area contributed by atoms with E-state index in [1.807, 2.05) is 16.8 Å². The van der Waals surface area contributed by atoms with E-state index in [2.05, 4.69) is 21.7 Å². The molecule has 3 heterocycles. The summed E-state index contributed by atoms with van der Waals surface area (Å²) >= 11 is 1.60. The third-order valence-electron chi connectivity index (χ3n) is 6.50. The zero-order valence-electron chi connectivity index (χ0n) is 19.0. The van der Waals surface area contributed by atoms with E-state index in [4.69, 9.17) is 10.5 Å². The van der Waals surface area contributed by atoms with Crippen LogP contribution in [0.2, 0.25) is 0 Å². The van der Waals surface area contributed by atoms with Gasteiger partial charge in [0.25, 0.3) is 0 Å². The third kappa shape index (κ3) is 5.55. The zero-order valence-corrected chi connectivity index (χ0v) is 19.9. The summed E-state index contributed by atoms with van der Waals surface area (Å²) in [4.78, 5) is 18.3. The van der Waals surface area contributed by atoms with Crippen LogP contribution < -0.4 is 10.5 Å². The van der Waals surface area contributed by atoms with Gasteiger partial charge in [0.05, 0.1) is 31.3 Å². The average molecular weight is 482 g/mol. The molecule has 0 saturated carbocycles. The molecule has 0 amide bonds. The number of likely N-dealkylation sites (tertiary alicyclic amines) is 1. The van der Waals surface area contributed by atoms with Gasteiger partial charge in [0, 0.05) is 34.5 Å². The van der Waals surface area contributed by atoms with E-state index in [0.717, 1.165) is 18.5 Å². The number of carboxylic acids is 1. The maximum atomic E-state index is 14.8. The van der Waals surface area contributed by atoms with Crippen LogP contribution in [0.25, 0.3) is 10.9 Å². The molecule has 0 spiro atoms. The molecule has 0 radical (unpaired) electrons. The predicted molar refractivity (Wildman–Crippen MR) is 131 cm³/mol. The van der Waals surface area contributed by atoms with Crippen molar-refractivity contribution in [1.82, 2.24) is 9.88 Å². The molecule has 0 aliphatic carbocycles. The second kappa shape index (κ2) is 11.0. The van der Waals surface area contributed by atoms with Crippen LogP contribution in [0.1, 0.15) is 36.4 Å². The number of hydrogen-bond donors (Lipinski definition) is 2. The monoisotopic (exact) mass is 481 g/mol. The fourth-order valence-corrected chi connectivity index (χ4v) is 5.22. The first kappa shape index (κ1) is 24.1. The molecule has 1 aliphatic rings. The molecule has 34 heavy (non-hydrogen) atoms. The van der Waals surface area contributed by atoms with Crippen molar-refractivity contribution in [3.63, 3.8) is 0 Å². The summed E-state index contributed by atoms with van der Waals surface area (Å²) in [6.45, 7) is 1.78. The van der Waals surface area contributed by atoms with Crippen LogP contribution in [0, 0.1) is 29.5 Å². The van der Waals surface area contributed by atoms with Gasteiger partial charge in [-0.3, -0.25) is 14.7 Å². The van der Waals surface area contributed by atoms with Gasteiger partial charge in [-0.15, -0.1) is 0 Å². The minimum atomic E-state index is -0.806. The molecular formula is C26H28FN3O3S. The van der Waals surface area contributed by atoms with E-state index < -0.39 is 23.7 Å². The minimum absolute atomic E-state index is 0.0182. The van der Waals surface area contributed by atoms with Crippen LogP contribution in [0.3, 0.4) is 0 Å². The number of thiophene rings is 1. The Morgan fingerprint density at radius 3 is 3.03 bits per heavy atom. The summed E-state index contributed by atoms with van der Waals surface area (Å²) in [5.41, 5.74) is 8.48. The van der Waals surface area contributed by atoms with Gasteiger partial charge in [-0.05, 0) is 61.4 Å². The number of nitrogens with zero attached hydrogens (tertiary/aromatic N) is 2. The van der Waals surface area contributed by atoms with Gasteiger partial charge in [0.1, 0.15) is 11.6 Å². The Bertz CT molecular complexity index is 1210. The second-order valence-corrected chi connectivity index (χ2v) is 9.41. The fraction of sp³-hybridized carbons (Fsp3) is 0.385. The maximum Gasteiger partial charge on any atom is 0.308 e. The van der Waals surface area contributed by atoms with Crippen LogP contribution in [-0.2, 0) is 4.79 Å². The Hall–Kier alpha value is -2.99. The smallest absolute Gasteiger partial charge is 0.308 e. The molecule has 4 rings (SSSR count).